The van der Waals surface area contributed by atoms with Crippen molar-refractivity contribution in [2.24, 2.45) is 35.5 Å². The number of hydrogen-bond donors (Lipinski definition) is 0. The first-order chi connectivity index (χ1) is 59.7. The van der Waals surface area contributed by atoms with Crippen molar-refractivity contribution < 1.29 is 132 Å². The molecule has 0 spiro atoms. The minimum absolute atomic E-state index is 0. The van der Waals surface area contributed by atoms with Crippen molar-refractivity contribution in [3.8, 4) is 0 Å². The van der Waals surface area contributed by atoms with E-state index in [1.165, 1.54) is 77.0 Å². The molecule has 0 heterocycles. The number of unbranched alkanes of at least 4 members (excludes halogenated alkanes) is 24. The van der Waals surface area contributed by atoms with E-state index in [9.17, 15) is 56.8 Å². The van der Waals surface area contributed by atoms with Gasteiger partial charge in [0.1, 0.15) is 0 Å². The van der Waals surface area contributed by atoms with Crippen LogP contribution in [0.1, 0.15) is 513 Å². The number of rotatable bonds is 84. The average Bonchev–Trinajstić information content (AvgIpc) is 0.932. The SMILES string of the molecule is CCCCCCC(C)OP(=O)([O-])OCC(CC)CCCC.CCCCCCC(C)OP(=O)([O-])OCC(CC)CCCC.CCCCCCC(C)OP(=O)([O-])OCC(CC)CCCC.CCCCCCC(C)OP(=O)([O-])OCC(CC)CCCC.CCCCCCC(C)OP(=O)([O-])OCC(CC)CCCC.CCCCCCC(C)OP(=O)([O-])OCC(CC)CCCC.[Mo]. The number of phosphoric acid groups is 6. The molecule has 0 aliphatic heterocycles. The van der Waals surface area contributed by atoms with Crippen LogP contribution in [-0.2, 0) is 103 Å². The van der Waals surface area contributed by atoms with E-state index in [-0.39, 0.29) is 97.3 Å². The molecule has 0 aliphatic carbocycles. The molecule has 0 N–H and O–H groups in total. The molecule has 0 aromatic carbocycles. The van der Waals surface area contributed by atoms with Crippen LogP contribution in [0.4, 0.5) is 0 Å². The van der Waals surface area contributed by atoms with Gasteiger partial charge in [0.25, 0.3) is 46.9 Å². The third kappa shape index (κ3) is 103. The van der Waals surface area contributed by atoms with Crippen LogP contribution in [0.5, 0.6) is 0 Å². The van der Waals surface area contributed by atoms with Gasteiger partial charge < -0.3 is 83.6 Å². The second kappa shape index (κ2) is 96.2. The summed E-state index contributed by atoms with van der Waals surface area (Å²) in [6, 6.07) is 0. The molecule has 0 aromatic heterocycles. The molecule has 127 heavy (non-hydrogen) atoms. The van der Waals surface area contributed by atoms with E-state index in [0.29, 0.717) is 35.5 Å². The molecule has 774 valence electrons. The largest absolute Gasteiger partial charge is 0.756 e. The van der Waals surface area contributed by atoms with Crippen molar-refractivity contribution in [2.45, 2.75) is 550 Å². The standard InChI is InChI=1S/6C16H35O4P.Mo/c6*1-5-8-10-11-12-15(4)20-21(17,18)19-14-16(7-3)13-9-6-2;/h6*15-16H,5-14H2,1-4H3,(H,17,18);/p-6. The Kier molecular flexibility index (Phi) is 107. The van der Waals surface area contributed by atoms with Gasteiger partial charge in [-0.3, -0.25) is 27.4 Å². The Morgan fingerprint density at radius 2 is 0.283 bits per heavy atom. The minimum Gasteiger partial charge on any atom is -0.756 e. The average molecular weight is 2020 g/mol. The van der Waals surface area contributed by atoms with E-state index >= 15 is 0 Å². The van der Waals surface area contributed by atoms with Gasteiger partial charge >= 0.3 is 0 Å². The van der Waals surface area contributed by atoms with Crippen molar-refractivity contribution in [1.82, 2.24) is 0 Å². The van der Waals surface area contributed by atoms with Crippen LogP contribution in [0.3, 0.4) is 0 Å². The topological polar surface area (TPSA) is 352 Å². The van der Waals surface area contributed by atoms with Crippen molar-refractivity contribution in [1.29, 1.82) is 0 Å². The zero-order valence-corrected chi connectivity index (χ0v) is 93.6. The van der Waals surface area contributed by atoms with Gasteiger partial charge in [0.2, 0.25) is 0 Å². The molecule has 0 amide bonds. The normalized spacial score (nSPS) is 17.2. The first-order valence-corrected chi connectivity index (χ1v) is 60.3. The Labute approximate surface area is 798 Å². The van der Waals surface area contributed by atoms with Crippen LogP contribution < -0.4 is 29.4 Å². The second-order valence-corrected chi connectivity index (χ2v) is 43.7. The maximum Gasteiger partial charge on any atom is 0.268 e. The Morgan fingerprint density at radius 1 is 0.173 bits per heavy atom. The quantitative estimate of drug-likeness (QED) is 0.0310. The van der Waals surface area contributed by atoms with Crippen LogP contribution in [-0.4, -0.2) is 76.3 Å². The van der Waals surface area contributed by atoms with E-state index in [0.717, 1.165) is 270 Å². The van der Waals surface area contributed by atoms with Crippen molar-refractivity contribution in [3.05, 3.63) is 0 Å². The molecule has 18 unspecified atom stereocenters. The van der Waals surface area contributed by atoms with Crippen LogP contribution in [0, 0.1) is 35.5 Å². The van der Waals surface area contributed by atoms with E-state index in [1.54, 1.807) is 41.5 Å². The smallest absolute Gasteiger partial charge is 0.268 e. The molecule has 0 aromatic rings. The summed E-state index contributed by atoms with van der Waals surface area (Å²) in [4.78, 5) is 70.8. The summed E-state index contributed by atoms with van der Waals surface area (Å²) in [5, 5.41) is 0. The van der Waals surface area contributed by atoms with E-state index in [1.807, 2.05) is 0 Å². The van der Waals surface area contributed by atoms with Gasteiger partial charge in [-0.25, -0.2) is 0 Å². The fourth-order valence-electron chi connectivity index (χ4n) is 13.5. The van der Waals surface area contributed by atoms with Gasteiger partial charge in [-0.05, 0) is 154 Å². The van der Waals surface area contributed by atoms with Crippen molar-refractivity contribution >= 4 is 46.9 Å². The van der Waals surface area contributed by atoms with Crippen molar-refractivity contribution in [2.75, 3.05) is 39.6 Å². The van der Waals surface area contributed by atoms with Gasteiger partial charge in [0.15, 0.2) is 0 Å². The minimum atomic E-state index is -4.15. The zero-order valence-electron chi connectivity index (χ0n) is 86.2. The molecule has 18 atom stereocenters. The Bertz CT molecular complexity index is 2140. The molecule has 0 radical (unpaired) electrons. The molecule has 31 heteroatoms. The van der Waals surface area contributed by atoms with Crippen molar-refractivity contribution in [3.63, 3.8) is 0 Å². The molecule has 0 saturated heterocycles. The second-order valence-electron chi connectivity index (χ2n) is 35.5. The summed E-state index contributed by atoms with van der Waals surface area (Å²) in [5.74, 6) is 1.81. The number of phosphoric ester groups is 6. The Morgan fingerprint density at radius 3 is 0.378 bits per heavy atom. The summed E-state index contributed by atoms with van der Waals surface area (Å²) in [6.07, 6.45) is 54.9. The monoisotopic (exact) mass is 2030 g/mol. The number of hydrogen-bond acceptors (Lipinski definition) is 24. The zero-order chi connectivity index (χ0) is 96.8. The molecule has 24 nitrogen and oxygen atoms in total. The Balaban J connectivity index is -0.000000272. The molecular formula is C96H204MoO24P6-6. The fourth-order valence-corrected chi connectivity index (χ4v) is 19.5. The molecule has 0 saturated carbocycles. The molecule has 0 rings (SSSR count). The third-order valence-corrected chi connectivity index (χ3v) is 29.2. The Hall–Kier alpha value is 1.35. The summed E-state index contributed by atoms with van der Waals surface area (Å²) in [7, 11) is -24.9. The first kappa shape index (κ1) is 141. The van der Waals surface area contributed by atoms with Crippen LogP contribution in [0.25, 0.3) is 0 Å². The van der Waals surface area contributed by atoms with Crippen LogP contribution >= 0.6 is 46.9 Å². The van der Waals surface area contributed by atoms with Gasteiger partial charge in [0, 0.05) is 21.1 Å². The molecule has 0 bridgehead atoms. The van der Waals surface area contributed by atoms with Gasteiger partial charge in [-0.15, -0.1) is 0 Å². The summed E-state index contributed by atoms with van der Waals surface area (Å²) >= 11 is 0. The van der Waals surface area contributed by atoms with Crippen LogP contribution in [0.15, 0.2) is 0 Å². The van der Waals surface area contributed by atoms with Crippen LogP contribution in [0.2, 0.25) is 0 Å². The third-order valence-electron chi connectivity index (χ3n) is 22.7. The first-order valence-electron chi connectivity index (χ1n) is 51.5. The summed E-state index contributed by atoms with van der Waals surface area (Å²) < 4.78 is 132. The van der Waals surface area contributed by atoms with Gasteiger partial charge in [-0.1, -0.05) is 394 Å². The molecular weight excluding hydrogens is 1820 g/mol. The summed E-state index contributed by atoms with van der Waals surface area (Å²) in [6.45, 7) is 50.4. The molecule has 0 aliphatic rings. The maximum atomic E-state index is 11.8. The predicted octanol–water partition coefficient (Wildman–Crippen LogP) is 30.4. The fraction of sp³-hybridized carbons (Fsp3) is 1.00. The van der Waals surface area contributed by atoms with E-state index < -0.39 is 46.9 Å². The van der Waals surface area contributed by atoms with E-state index in [2.05, 4.69) is 125 Å². The predicted molar refractivity (Wildman–Crippen MR) is 517 cm³/mol. The van der Waals surface area contributed by atoms with Gasteiger partial charge in [-0.2, -0.15) is 0 Å². The molecule has 0 fully saturated rings. The summed E-state index contributed by atoms with van der Waals surface area (Å²) in [5.41, 5.74) is 0. The van der Waals surface area contributed by atoms with E-state index in [4.69, 9.17) is 54.3 Å². The maximum absolute atomic E-state index is 11.8. The van der Waals surface area contributed by atoms with Gasteiger partial charge in [0.05, 0.1) is 76.3 Å².